The molecule has 0 N–H and O–H groups in total. The van der Waals surface area contributed by atoms with Gasteiger partial charge in [0.2, 0.25) is 0 Å². The van der Waals surface area contributed by atoms with Gasteiger partial charge in [0.05, 0.1) is 5.41 Å². The lowest BCUT2D eigenvalue weighted by atomic mass is 9.70. The molecular formula is C27H22. The summed E-state index contributed by atoms with van der Waals surface area (Å²) in [5, 5.41) is 0. The van der Waals surface area contributed by atoms with Crippen molar-refractivity contribution < 1.29 is 0 Å². The molecule has 0 heteroatoms. The Kier molecular flexibility index (Phi) is 3.39. The van der Waals surface area contributed by atoms with Crippen molar-refractivity contribution in [1.82, 2.24) is 0 Å². The number of hydrogen-bond donors (Lipinski definition) is 0. The predicted octanol–water partition coefficient (Wildman–Crippen LogP) is 6.84. The first-order valence-electron chi connectivity index (χ1n) is 9.53. The molecule has 0 aliphatic heterocycles. The van der Waals surface area contributed by atoms with Crippen LogP contribution < -0.4 is 0 Å². The van der Waals surface area contributed by atoms with E-state index in [1.54, 1.807) is 0 Å². The zero-order valence-electron chi connectivity index (χ0n) is 15.8. The summed E-state index contributed by atoms with van der Waals surface area (Å²) in [7, 11) is 0. The highest BCUT2D eigenvalue weighted by atomic mass is 14.5. The van der Waals surface area contributed by atoms with Crippen LogP contribution in [0.3, 0.4) is 0 Å². The van der Waals surface area contributed by atoms with E-state index in [0.717, 1.165) is 5.57 Å². The lowest BCUT2D eigenvalue weighted by Gasteiger charge is -2.30. The molecule has 130 valence electrons. The highest BCUT2D eigenvalue weighted by Gasteiger charge is 2.52. The molecule has 0 unspecified atom stereocenters. The zero-order valence-corrected chi connectivity index (χ0v) is 15.8. The molecular weight excluding hydrogens is 324 g/mol. The predicted molar refractivity (Wildman–Crippen MR) is 115 cm³/mol. The second-order valence-electron chi connectivity index (χ2n) is 7.47. The summed E-state index contributed by atoms with van der Waals surface area (Å²) in [5.74, 6) is 0. The van der Waals surface area contributed by atoms with Crippen molar-refractivity contribution in [1.29, 1.82) is 0 Å². The Hall–Kier alpha value is -3.12. The fraction of sp³-hybridized carbons (Fsp3) is 0.111. The Morgan fingerprint density at radius 2 is 1.41 bits per heavy atom. The molecule has 0 aromatic heterocycles. The van der Waals surface area contributed by atoms with E-state index in [-0.39, 0.29) is 5.41 Å². The van der Waals surface area contributed by atoms with Crippen LogP contribution in [-0.2, 0) is 5.41 Å². The maximum atomic E-state index is 4.52. The number of rotatable bonds is 1. The summed E-state index contributed by atoms with van der Waals surface area (Å²) in [5.41, 5.74) is 11.5. The van der Waals surface area contributed by atoms with Gasteiger partial charge in [0.25, 0.3) is 0 Å². The van der Waals surface area contributed by atoms with Crippen LogP contribution >= 0.6 is 0 Å². The van der Waals surface area contributed by atoms with Crippen LogP contribution in [0.1, 0.15) is 34.7 Å². The van der Waals surface area contributed by atoms with Gasteiger partial charge in [0, 0.05) is 0 Å². The van der Waals surface area contributed by atoms with Crippen molar-refractivity contribution in [2.24, 2.45) is 0 Å². The monoisotopic (exact) mass is 346 g/mol. The third-order valence-corrected chi connectivity index (χ3v) is 6.04. The molecule has 0 bridgehead atoms. The van der Waals surface area contributed by atoms with E-state index in [9.17, 15) is 0 Å². The maximum absolute atomic E-state index is 4.52. The van der Waals surface area contributed by atoms with Crippen molar-refractivity contribution in [3.05, 3.63) is 125 Å². The highest BCUT2D eigenvalue weighted by Crippen LogP contribution is 2.63. The van der Waals surface area contributed by atoms with Gasteiger partial charge in [-0.05, 0) is 58.4 Å². The van der Waals surface area contributed by atoms with Crippen molar-refractivity contribution in [2.45, 2.75) is 19.3 Å². The van der Waals surface area contributed by atoms with E-state index in [0.29, 0.717) is 0 Å². The van der Waals surface area contributed by atoms with E-state index in [1.807, 2.05) is 0 Å². The van der Waals surface area contributed by atoms with Crippen molar-refractivity contribution in [3.8, 4) is 11.1 Å². The summed E-state index contributed by atoms with van der Waals surface area (Å²) >= 11 is 0. The molecule has 27 heavy (non-hydrogen) atoms. The molecule has 0 atom stereocenters. The lowest BCUT2D eigenvalue weighted by Crippen LogP contribution is -2.26. The first-order chi connectivity index (χ1) is 13.2. The normalized spacial score (nSPS) is 17.6. The molecule has 0 nitrogen and oxygen atoms in total. The van der Waals surface area contributed by atoms with Crippen LogP contribution in [0.2, 0.25) is 0 Å². The molecule has 3 aromatic rings. The minimum absolute atomic E-state index is 0.273. The number of fused-ring (bicyclic) bond motifs is 7. The summed E-state index contributed by atoms with van der Waals surface area (Å²) in [6, 6.07) is 24.5. The Labute approximate surface area is 161 Å². The van der Waals surface area contributed by atoms with E-state index < -0.39 is 0 Å². The SMILES string of the molecule is C=C1/C(=C\C=C/C)C2(c3cc(C)ccc31)c1ccccc1-c1ccccc12. The van der Waals surface area contributed by atoms with E-state index in [2.05, 4.69) is 105 Å². The van der Waals surface area contributed by atoms with Crippen molar-refractivity contribution >= 4 is 5.57 Å². The summed E-state index contributed by atoms with van der Waals surface area (Å²) in [6.45, 7) is 8.76. The van der Waals surface area contributed by atoms with Gasteiger partial charge in [-0.2, -0.15) is 0 Å². The first kappa shape index (κ1) is 16.1. The quantitative estimate of drug-likeness (QED) is 0.452. The van der Waals surface area contributed by atoms with Crippen molar-refractivity contribution in [3.63, 3.8) is 0 Å². The van der Waals surface area contributed by atoms with E-state index in [1.165, 1.54) is 44.5 Å². The Bertz CT molecular complexity index is 1110. The number of hydrogen-bond acceptors (Lipinski definition) is 0. The van der Waals surface area contributed by atoms with Crippen LogP contribution in [-0.4, -0.2) is 0 Å². The van der Waals surface area contributed by atoms with Gasteiger partial charge >= 0.3 is 0 Å². The molecule has 0 heterocycles. The van der Waals surface area contributed by atoms with Gasteiger partial charge in [-0.1, -0.05) is 97.1 Å². The van der Waals surface area contributed by atoms with Gasteiger partial charge in [-0.15, -0.1) is 0 Å². The average Bonchev–Trinajstić information content (AvgIpc) is 3.12. The fourth-order valence-electron chi connectivity index (χ4n) is 4.98. The molecule has 0 fully saturated rings. The largest absolute Gasteiger partial charge is 0.0908 e. The lowest BCUT2D eigenvalue weighted by molar-refractivity contribution is 0.793. The minimum atomic E-state index is -0.273. The van der Waals surface area contributed by atoms with Gasteiger partial charge in [-0.3, -0.25) is 0 Å². The van der Waals surface area contributed by atoms with Crippen LogP contribution in [0.15, 0.2) is 97.1 Å². The van der Waals surface area contributed by atoms with Gasteiger partial charge in [-0.25, -0.2) is 0 Å². The summed E-state index contributed by atoms with van der Waals surface area (Å²) in [6.07, 6.45) is 6.50. The number of allylic oxidation sites excluding steroid dienone is 5. The topological polar surface area (TPSA) is 0 Å². The molecule has 0 saturated heterocycles. The number of aryl methyl sites for hydroxylation is 1. The van der Waals surface area contributed by atoms with Gasteiger partial charge < -0.3 is 0 Å². The van der Waals surface area contributed by atoms with Crippen LogP contribution in [0.5, 0.6) is 0 Å². The zero-order chi connectivity index (χ0) is 18.6. The molecule has 2 aliphatic carbocycles. The molecule has 2 aliphatic rings. The molecule has 0 amide bonds. The highest BCUT2D eigenvalue weighted by molar-refractivity contribution is 5.99. The fourth-order valence-corrected chi connectivity index (χ4v) is 4.98. The first-order valence-corrected chi connectivity index (χ1v) is 9.53. The molecule has 0 saturated carbocycles. The smallest absolute Gasteiger partial charge is 0.0725 e. The summed E-state index contributed by atoms with van der Waals surface area (Å²) in [4.78, 5) is 0. The third-order valence-electron chi connectivity index (χ3n) is 6.04. The second-order valence-corrected chi connectivity index (χ2v) is 7.47. The van der Waals surface area contributed by atoms with Crippen LogP contribution in [0, 0.1) is 6.92 Å². The third kappa shape index (κ3) is 1.93. The molecule has 1 spiro atoms. The Morgan fingerprint density at radius 1 is 0.778 bits per heavy atom. The van der Waals surface area contributed by atoms with Crippen LogP contribution in [0.25, 0.3) is 16.7 Å². The summed E-state index contributed by atoms with van der Waals surface area (Å²) < 4.78 is 0. The maximum Gasteiger partial charge on any atom is 0.0725 e. The second kappa shape index (κ2) is 5.69. The standard InChI is InChI=1S/C27H22/c1-4-5-12-23-19(3)20-16-15-18(2)17-26(20)27(23)24-13-8-6-10-21(24)22-11-7-9-14-25(22)27/h4-17H,3H2,1-2H3/b5-4-,23-12+. The Balaban J connectivity index is 2.00. The van der Waals surface area contributed by atoms with E-state index >= 15 is 0 Å². The van der Waals surface area contributed by atoms with Gasteiger partial charge in [0.15, 0.2) is 0 Å². The average molecular weight is 346 g/mol. The minimum Gasteiger partial charge on any atom is -0.0908 e. The molecule has 5 rings (SSSR count). The van der Waals surface area contributed by atoms with E-state index in [4.69, 9.17) is 0 Å². The molecule has 0 radical (unpaired) electrons. The molecule has 3 aromatic carbocycles. The Morgan fingerprint density at radius 3 is 2.04 bits per heavy atom. The van der Waals surface area contributed by atoms with Gasteiger partial charge in [0.1, 0.15) is 0 Å². The van der Waals surface area contributed by atoms with Crippen LogP contribution in [0.4, 0.5) is 0 Å². The number of benzene rings is 3. The van der Waals surface area contributed by atoms with Crippen molar-refractivity contribution in [2.75, 3.05) is 0 Å².